The minimum atomic E-state index is -0.249. The summed E-state index contributed by atoms with van der Waals surface area (Å²) in [4.78, 5) is 15.6. The van der Waals surface area contributed by atoms with Crippen LogP contribution < -0.4 is 5.32 Å². The van der Waals surface area contributed by atoms with Gasteiger partial charge < -0.3 is 14.6 Å². The Morgan fingerprint density at radius 2 is 1.58 bits per heavy atom. The molecule has 2 aliphatic rings. The minimum Gasteiger partial charge on any atom is -0.454 e. The summed E-state index contributed by atoms with van der Waals surface area (Å²) in [5, 5.41) is 3.14. The third kappa shape index (κ3) is 5.24. The van der Waals surface area contributed by atoms with E-state index in [1.807, 2.05) is 49.2 Å². The maximum absolute atomic E-state index is 13.6. The molecular weight excluding hydrogens is 458 g/mol. The van der Waals surface area contributed by atoms with E-state index in [2.05, 4.69) is 5.32 Å². The predicted octanol–water partition coefficient (Wildman–Crippen LogP) is 6.81. The summed E-state index contributed by atoms with van der Waals surface area (Å²) in [6.45, 7) is 2.59. The van der Waals surface area contributed by atoms with Gasteiger partial charge in [0.15, 0.2) is 5.76 Å². The Hall–Kier alpha value is -2.99. The molecule has 1 saturated heterocycles. The molecular formula is C30H34F2N2O2. The van der Waals surface area contributed by atoms with Crippen molar-refractivity contribution in [2.75, 3.05) is 13.6 Å². The smallest absolute Gasteiger partial charge is 0.289 e. The maximum atomic E-state index is 13.6. The standard InChI is InChI=1S/C30H34F2N2O2/c1-19(33-2)28-13-14-29(36-28)30(35)34-18-24(22-7-11-26(32)12-8-22)17-27(34)16-20-3-4-23(15-20)21-5-9-25(31)10-6-21/h5-14,19-20,23-24,27,33H,3-4,15-18H2,1-2H3. The summed E-state index contributed by atoms with van der Waals surface area (Å²) in [5.74, 6) is 1.68. The average Bonchev–Trinajstić information content (AvgIpc) is 3.65. The van der Waals surface area contributed by atoms with Crippen LogP contribution in [0.3, 0.4) is 0 Å². The molecule has 1 aliphatic heterocycles. The Labute approximate surface area is 211 Å². The molecule has 190 valence electrons. The van der Waals surface area contributed by atoms with Gasteiger partial charge in [-0.05, 0) is 105 Å². The van der Waals surface area contributed by atoms with Crippen molar-refractivity contribution in [3.05, 3.63) is 94.9 Å². The number of carbonyl (C=O) groups is 1. The van der Waals surface area contributed by atoms with Gasteiger partial charge in [0.2, 0.25) is 0 Å². The van der Waals surface area contributed by atoms with Gasteiger partial charge in [0.25, 0.3) is 5.91 Å². The van der Waals surface area contributed by atoms with E-state index < -0.39 is 0 Å². The maximum Gasteiger partial charge on any atom is 0.289 e. The van der Waals surface area contributed by atoms with Crippen LogP contribution in [-0.4, -0.2) is 30.4 Å². The van der Waals surface area contributed by atoms with E-state index in [0.717, 1.165) is 43.4 Å². The molecule has 6 heteroatoms. The van der Waals surface area contributed by atoms with Crippen LogP contribution in [0.4, 0.5) is 8.78 Å². The van der Waals surface area contributed by atoms with Gasteiger partial charge in [0.1, 0.15) is 17.4 Å². The first-order valence-corrected chi connectivity index (χ1v) is 13.0. The molecule has 5 rings (SSSR count). The highest BCUT2D eigenvalue weighted by Crippen LogP contribution is 2.44. The molecule has 5 unspecified atom stereocenters. The molecule has 36 heavy (non-hydrogen) atoms. The summed E-state index contributed by atoms with van der Waals surface area (Å²) in [5.41, 5.74) is 2.26. The van der Waals surface area contributed by atoms with E-state index in [1.165, 1.54) is 17.7 Å². The number of nitrogens with one attached hydrogen (secondary N) is 1. The molecule has 2 heterocycles. The lowest BCUT2D eigenvalue weighted by atomic mass is 9.90. The summed E-state index contributed by atoms with van der Waals surface area (Å²) in [7, 11) is 1.86. The summed E-state index contributed by atoms with van der Waals surface area (Å²) >= 11 is 0. The van der Waals surface area contributed by atoms with Gasteiger partial charge in [-0.3, -0.25) is 4.79 Å². The molecule has 0 spiro atoms. The van der Waals surface area contributed by atoms with Crippen LogP contribution in [0.2, 0.25) is 0 Å². The van der Waals surface area contributed by atoms with Gasteiger partial charge in [-0.15, -0.1) is 0 Å². The number of hydrogen-bond donors (Lipinski definition) is 1. The molecule has 2 aromatic carbocycles. The van der Waals surface area contributed by atoms with Crippen molar-refractivity contribution in [3.8, 4) is 0 Å². The Kier molecular flexibility index (Phi) is 7.24. The van der Waals surface area contributed by atoms with Crippen molar-refractivity contribution in [2.45, 2.75) is 62.9 Å². The first-order chi connectivity index (χ1) is 17.4. The third-order valence-corrected chi connectivity index (χ3v) is 8.20. The number of benzene rings is 2. The fourth-order valence-corrected chi connectivity index (χ4v) is 6.06. The van der Waals surface area contributed by atoms with Crippen LogP contribution in [0.25, 0.3) is 0 Å². The topological polar surface area (TPSA) is 45.5 Å². The SMILES string of the molecule is CNC(C)c1ccc(C(=O)N2CC(c3ccc(F)cc3)CC2CC2CCC(c3ccc(F)cc3)C2)o1. The van der Waals surface area contributed by atoms with Gasteiger partial charge in [0.05, 0.1) is 6.04 Å². The van der Waals surface area contributed by atoms with Crippen LogP contribution >= 0.6 is 0 Å². The second kappa shape index (κ2) is 10.6. The van der Waals surface area contributed by atoms with E-state index in [4.69, 9.17) is 4.42 Å². The second-order valence-electron chi connectivity index (χ2n) is 10.5. The fourth-order valence-electron chi connectivity index (χ4n) is 6.06. The predicted molar refractivity (Wildman–Crippen MR) is 136 cm³/mol. The molecule has 2 fully saturated rings. The average molecular weight is 493 g/mol. The van der Waals surface area contributed by atoms with Crippen LogP contribution in [-0.2, 0) is 0 Å². The lowest BCUT2D eigenvalue weighted by Gasteiger charge is -2.26. The first-order valence-electron chi connectivity index (χ1n) is 13.0. The highest BCUT2D eigenvalue weighted by Gasteiger charge is 2.40. The number of furan rings is 1. The molecule has 0 bridgehead atoms. The van der Waals surface area contributed by atoms with Gasteiger partial charge >= 0.3 is 0 Å². The number of likely N-dealkylation sites (tertiary alicyclic amines) is 1. The third-order valence-electron chi connectivity index (χ3n) is 8.20. The summed E-state index contributed by atoms with van der Waals surface area (Å²) in [6, 6.07) is 17.3. The van der Waals surface area contributed by atoms with Crippen molar-refractivity contribution in [3.63, 3.8) is 0 Å². The van der Waals surface area contributed by atoms with Crippen molar-refractivity contribution < 1.29 is 18.0 Å². The van der Waals surface area contributed by atoms with Crippen LogP contribution in [0.5, 0.6) is 0 Å². The molecule has 1 saturated carbocycles. The van der Waals surface area contributed by atoms with Crippen LogP contribution in [0, 0.1) is 17.6 Å². The van der Waals surface area contributed by atoms with E-state index in [0.29, 0.717) is 24.1 Å². The van der Waals surface area contributed by atoms with E-state index in [-0.39, 0.29) is 35.5 Å². The molecule has 1 N–H and O–H groups in total. The number of hydrogen-bond acceptors (Lipinski definition) is 3. The van der Waals surface area contributed by atoms with Crippen molar-refractivity contribution in [2.24, 2.45) is 5.92 Å². The number of nitrogens with zero attached hydrogens (tertiary/aromatic N) is 1. The minimum absolute atomic E-state index is 0.0229. The lowest BCUT2D eigenvalue weighted by molar-refractivity contribution is 0.0682. The summed E-state index contributed by atoms with van der Waals surface area (Å²) < 4.78 is 32.9. The number of halogens is 2. The Balaban J connectivity index is 1.33. The monoisotopic (exact) mass is 492 g/mol. The van der Waals surface area contributed by atoms with Gasteiger partial charge in [-0.25, -0.2) is 8.78 Å². The second-order valence-corrected chi connectivity index (χ2v) is 10.5. The van der Waals surface area contributed by atoms with Crippen molar-refractivity contribution in [1.29, 1.82) is 0 Å². The molecule has 1 aromatic heterocycles. The van der Waals surface area contributed by atoms with E-state index >= 15 is 0 Å². The quantitative estimate of drug-likeness (QED) is 0.394. The lowest BCUT2D eigenvalue weighted by Crippen LogP contribution is -2.36. The highest BCUT2D eigenvalue weighted by atomic mass is 19.1. The number of amides is 1. The number of rotatable bonds is 7. The Morgan fingerprint density at radius 3 is 2.22 bits per heavy atom. The van der Waals surface area contributed by atoms with Crippen LogP contribution in [0.15, 0.2) is 65.1 Å². The molecule has 3 aromatic rings. The normalized spacial score (nSPS) is 24.8. The summed E-state index contributed by atoms with van der Waals surface area (Å²) in [6.07, 6.45) is 5.03. The van der Waals surface area contributed by atoms with Crippen molar-refractivity contribution in [1.82, 2.24) is 10.2 Å². The molecule has 5 atom stereocenters. The van der Waals surface area contributed by atoms with Gasteiger partial charge in [-0.2, -0.15) is 0 Å². The zero-order valence-electron chi connectivity index (χ0n) is 20.9. The zero-order chi connectivity index (χ0) is 25.2. The molecule has 4 nitrogen and oxygen atoms in total. The van der Waals surface area contributed by atoms with Crippen molar-refractivity contribution >= 4 is 5.91 Å². The van der Waals surface area contributed by atoms with E-state index in [9.17, 15) is 13.6 Å². The first kappa shape index (κ1) is 24.7. The molecule has 1 amide bonds. The van der Waals surface area contributed by atoms with Gasteiger partial charge in [0, 0.05) is 18.5 Å². The van der Waals surface area contributed by atoms with E-state index in [1.54, 1.807) is 18.2 Å². The molecule has 1 aliphatic carbocycles. The Bertz CT molecular complexity index is 1170. The zero-order valence-corrected chi connectivity index (χ0v) is 20.9. The van der Waals surface area contributed by atoms with Gasteiger partial charge in [-0.1, -0.05) is 24.3 Å². The largest absolute Gasteiger partial charge is 0.454 e. The highest BCUT2D eigenvalue weighted by molar-refractivity contribution is 5.92. The number of carbonyl (C=O) groups excluding carboxylic acids is 1. The Morgan fingerprint density at radius 1 is 0.944 bits per heavy atom. The molecule has 0 radical (unpaired) electrons. The van der Waals surface area contributed by atoms with Crippen LogP contribution in [0.1, 0.15) is 84.3 Å². The fraction of sp³-hybridized carbons (Fsp3) is 0.433.